The van der Waals surface area contributed by atoms with Crippen LogP contribution in [0.25, 0.3) is 0 Å². The maximum absolute atomic E-state index is 11.7. The first-order valence-corrected chi connectivity index (χ1v) is 6.55. The van der Waals surface area contributed by atoms with E-state index in [9.17, 15) is 4.79 Å². The Balaban J connectivity index is 2.09. The van der Waals surface area contributed by atoms with Crippen LogP contribution in [0.5, 0.6) is 0 Å². The van der Waals surface area contributed by atoms with Gasteiger partial charge in [-0.15, -0.1) is 0 Å². The van der Waals surface area contributed by atoms with Crippen LogP contribution in [0.1, 0.15) is 44.1 Å². The molecule has 0 radical (unpaired) electrons. The predicted molar refractivity (Wildman–Crippen MR) is 72.7 cm³/mol. The van der Waals surface area contributed by atoms with Crippen molar-refractivity contribution < 1.29 is 4.79 Å². The van der Waals surface area contributed by atoms with Gasteiger partial charge in [-0.05, 0) is 51.7 Å². The topological polar surface area (TPSA) is 54.0 Å². The molecular formula is C14H21N3O. The lowest BCUT2D eigenvalue weighted by Crippen LogP contribution is -2.33. The Labute approximate surface area is 108 Å². The van der Waals surface area contributed by atoms with E-state index in [4.69, 9.17) is 0 Å². The smallest absolute Gasteiger partial charge is 0.269 e. The Bertz CT molecular complexity index is 438. The van der Waals surface area contributed by atoms with Gasteiger partial charge in [-0.3, -0.25) is 9.78 Å². The summed E-state index contributed by atoms with van der Waals surface area (Å²) in [5.41, 5.74) is 1.51. The van der Waals surface area contributed by atoms with E-state index in [-0.39, 0.29) is 11.4 Å². The van der Waals surface area contributed by atoms with Gasteiger partial charge in [0.1, 0.15) is 5.69 Å². The molecule has 1 saturated carbocycles. The number of carbonyl (C=O) groups excluding carboxylic acids is 1. The van der Waals surface area contributed by atoms with Crippen molar-refractivity contribution in [3.8, 4) is 0 Å². The molecular weight excluding hydrogens is 226 g/mol. The summed E-state index contributed by atoms with van der Waals surface area (Å²) in [5.74, 6) is 0.615. The van der Waals surface area contributed by atoms with Crippen LogP contribution in [0.2, 0.25) is 0 Å². The highest BCUT2D eigenvalue weighted by atomic mass is 16.1. The molecule has 1 heterocycles. The minimum atomic E-state index is -0.120. The third-order valence-electron chi connectivity index (χ3n) is 3.39. The van der Waals surface area contributed by atoms with Gasteiger partial charge in [0.25, 0.3) is 5.91 Å². The largest absolute Gasteiger partial charge is 0.380 e. The van der Waals surface area contributed by atoms with Crippen molar-refractivity contribution in [2.75, 3.05) is 11.9 Å². The monoisotopic (exact) mass is 247 g/mol. The molecule has 0 aromatic carbocycles. The third kappa shape index (κ3) is 3.00. The first kappa shape index (κ1) is 12.9. The fourth-order valence-electron chi connectivity index (χ4n) is 2.16. The lowest BCUT2D eigenvalue weighted by Gasteiger charge is -2.27. The zero-order valence-electron chi connectivity index (χ0n) is 11.3. The van der Waals surface area contributed by atoms with Crippen molar-refractivity contribution in [2.24, 2.45) is 5.92 Å². The molecule has 1 fully saturated rings. The fourth-order valence-corrected chi connectivity index (χ4v) is 2.16. The van der Waals surface area contributed by atoms with Crippen LogP contribution in [0.3, 0.4) is 0 Å². The number of aromatic nitrogens is 1. The molecule has 1 amide bonds. The van der Waals surface area contributed by atoms with Crippen LogP contribution >= 0.6 is 0 Å². The number of hydrogen-bond acceptors (Lipinski definition) is 3. The van der Waals surface area contributed by atoms with Crippen molar-refractivity contribution in [2.45, 2.75) is 39.2 Å². The molecule has 0 bridgehead atoms. The highest BCUT2D eigenvalue weighted by Gasteiger charge is 2.37. The van der Waals surface area contributed by atoms with E-state index >= 15 is 0 Å². The van der Waals surface area contributed by atoms with Gasteiger partial charge in [-0.25, -0.2) is 0 Å². The van der Waals surface area contributed by atoms with Gasteiger partial charge < -0.3 is 10.6 Å². The second-order valence-corrected chi connectivity index (χ2v) is 5.41. The molecule has 0 spiro atoms. The number of rotatable bonds is 5. The number of hydrogen-bond donors (Lipinski definition) is 2. The Morgan fingerprint density at radius 3 is 2.83 bits per heavy atom. The summed E-state index contributed by atoms with van der Waals surface area (Å²) in [6, 6.07) is 3.72. The van der Waals surface area contributed by atoms with Gasteiger partial charge in [0.2, 0.25) is 0 Å². The molecule has 4 nitrogen and oxygen atoms in total. The SMILES string of the molecule is CCNC(=O)c1cc(NC(C)(C)C2CC2)ccn1. The zero-order valence-corrected chi connectivity index (χ0v) is 11.3. The molecule has 0 aliphatic heterocycles. The molecule has 1 aromatic rings. The second-order valence-electron chi connectivity index (χ2n) is 5.41. The minimum Gasteiger partial charge on any atom is -0.380 e. The maximum atomic E-state index is 11.7. The molecule has 0 unspecified atom stereocenters. The highest BCUT2D eigenvalue weighted by Crippen LogP contribution is 2.41. The Hall–Kier alpha value is -1.58. The normalized spacial score (nSPS) is 15.3. The average molecular weight is 247 g/mol. The predicted octanol–water partition coefficient (Wildman–Crippen LogP) is 2.43. The lowest BCUT2D eigenvalue weighted by atomic mass is 9.98. The summed E-state index contributed by atoms with van der Waals surface area (Å²) in [5, 5.41) is 6.26. The Morgan fingerprint density at radius 2 is 2.22 bits per heavy atom. The summed E-state index contributed by atoms with van der Waals surface area (Å²) >= 11 is 0. The summed E-state index contributed by atoms with van der Waals surface area (Å²) in [6.07, 6.45) is 4.25. The van der Waals surface area contributed by atoms with Crippen LogP contribution in [0, 0.1) is 5.92 Å². The Kier molecular flexibility index (Phi) is 3.55. The molecule has 0 saturated heterocycles. The summed E-state index contributed by atoms with van der Waals surface area (Å²) in [6.45, 7) is 6.93. The zero-order chi connectivity index (χ0) is 13.2. The van der Waals surface area contributed by atoms with Gasteiger partial charge in [0, 0.05) is 24.0 Å². The first-order chi connectivity index (χ1) is 8.53. The molecule has 1 aromatic heterocycles. The van der Waals surface area contributed by atoms with E-state index in [1.54, 1.807) is 6.20 Å². The second kappa shape index (κ2) is 4.96. The molecule has 98 valence electrons. The van der Waals surface area contributed by atoms with E-state index < -0.39 is 0 Å². The van der Waals surface area contributed by atoms with E-state index in [1.807, 2.05) is 19.1 Å². The van der Waals surface area contributed by atoms with Crippen LogP contribution < -0.4 is 10.6 Å². The van der Waals surface area contributed by atoms with Crippen LogP contribution in [-0.2, 0) is 0 Å². The summed E-state index contributed by atoms with van der Waals surface area (Å²) in [4.78, 5) is 15.8. The minimum absolute atomic E-state index is 0.0832. The number of carbonyl (C=O) groups is 1. The number of nitrogens with zero attached hydrogens (tertiary/aromatic N) is 1. The molecule has 0 atom stereocenters. The van der Waals surface area contributed by atoms with E-state index in [1.165, 1.54) is 12.8 Å². The van der Waals surface area contributed by atoms with Gasteiger partial charge in [0.15, 0.2) is 0 Å². The lowest BCUT2D eigenvalue weighted by molar-refractivity contribution is 0.0951. The number of pyridine rings is 1. The fraction of sp³-hybridized carbons (Fsp3) is 0.571. The van der Waals surface area contributed by atoms with Crippen molar-refractivity contribution in [3.63, 3.8) is 0 Å². The number of nitrogens with one attached hydrogen (secondary N) is 2. The van der Waals surface area contributed by atoms with Crippen LogP contribution in [0.15, 0.2) is 18.3 Å². The molecule has 4 heteroatoms. The van der Waals surface area contributed by atoms with E-state index in [2.05, 4.69) is 29.5 Å². The van der Waals surface area contributed by atoms with Crippen molar-refractivity contribution in [3.05, 3.63) is 24.0 Å². The summed E-state index contributed by atoms with van der Waals surface area (Å²) in [7, 11) is 0. The quantitative estimate of drug-likeness (QED) is 0.840. The number of amides is 1. The molecule has 2 N–H and O–H groups in total. The molecule has 2 rings (SSSR count). The highest BCUT2D eigenvalue weighted by molar-refractivity contribution is 5.93. The van der Waals surface area contributed by atoms with Crippen molar-refractivity contribution in [1.29, 1.82) is 0 Å². The van der Waals surface area contributed by atoms with Gasteiger partial charge >= 0.3 is 0 Å². The van der Waals surface area contributed by atoms with E-state index in [0.29, 0.717) is 12.2 Å². The van der Waals surface area contributed by atoms with Gasteiger partial charge in [0.05, 0.1) is 0 Å². The van der Waals surface area contributed by atoms with Crippen LogP contribution in [0.4, 0.5) is 5.69 Å². The van der Waals surface area contributed by atoms with Gasteiger partial charge in [-0.2, -0.15) is 0 Å². The van der Waals surface area contributed by atoms with Crippen molar-refractivity contribution in [1.82, 2.24) is 10.3 Å². The Morgan fingerprint density at radius 1 is 1.50 bits per heavy atom. The summed E-state index contributed by atoms with van der Waals surface area (Å²) < 4.78 is 0. The number of anilines is 1. The standard InChI is InChI=1S/C14H21N3O/c1-4-15-13(18)12-9-11(7-8-16-12)17-14(2,3)10-5-6-10/h7-10H,4-6H2,1-3H3,(H,15,18)(H,16,17). The molecule has 18 heavy (non-hydrogen) atoms. The van der Waals surface area contributed by atoms with E-state index in [0.717, 1.165) is 11.6 Å². The molecule has 1 aliphatic rings. The third-order valence-corrected chi connectivity index (χ3v) is 3.39. The van der Waals surface area contributed by atoms with Crippen molar-refractivity contribution >= 4 is 11.6 Å². The average Bonchev–Trinajstić information content (AvgIpc) is 3.13. The van der Waals surface area contributed by atoms with Gasteiger partial charge in [-0.1, -0.05) is 0 Å². The first-order valence-electron chi connectivity index (χ1n) is 6.55. The van der Waals surface area contributed by atoms with Crippen LogP contribution in [-0.4, -0.2) is 23.0 Å². The maximum Gasteiger partial charge on any atom is 0.269 e. The molecule has 1 aliphatic carbocycles.